The SMILES string of the molecule is COc1cccc2c1[C@@H](C[C@H]1CCCN1C(C)C)CO2. The highest BCUT2D eigenvalue weighted by atomic mass is 16.5. The van der Waals surface area contributed by atoms with Gasteiger partial charge in [0, 0.05) is 23.6 Å². The molecule has 0 saturated carbocycles. The van der Waals surface area contributed by atoms with Gasteiger partial charge in [0.05, 0.1) is 13.7 Å². The van der Waals surface area contributed by atoms with Crippen LogP contribution in [0, 0.1) is 0 Å². The summed E-state index contributed by atoms with van der Waals surface area (Å²) < 4.78 is 11.4. The fraction of sp³-hybridized carbons (Fsp3) is 0.647. The molecule has 110 valence electrons. The van der Waals surface area contributed by atoms with Crippen LogP contribution in [0.25, 0.3) is 0 Å². The first-order valence-electron chi connectivity index (χ1n) is 7.76. The lowest BCUT2D eigenvalue weighted by molar-refractivity contribution is 0.181. The van der Waals surface area contributed by atoms with Crippen molar-refractivity contribution in [2.45, 2.75) is 51.1 Å². The summed E-state index contributed by atoms with van der Waals surface area (Å²) in [7, 11) is 1.75. The molecule has 0 N–H and O–H groups in total. The Balaban J connectivity index is 1.78. The Morgan fingerprint density at radius 1 is 1.40 bits per heavy atom. The van der Waals surface area contributed by atoms with Crippen LogP contribution in [0.3, 0.4) is 0 Å². The summed E-state index contributed by atoms with van der Waals surface area (Å²) >= 11 is 0. The smallest absolute Gasteiger partial charge is 0.126 e. The van der Waals surface area contributed by atoms with Gasteiger partial charge in [-0.3, -0.25) is 4.90 Å². The molecule has 3 rings (SSSR count). The van der Waals surface area contributed by atoms with E-state index < -0.39 is 0 Å². The van der Waals surface area contributed by atoms with Crippen LogP contribution in [-0.4, -0.2) is 37.2 Å². The summed E-state index contributed by atoms with van der Waals surface area (Å²) in [6.45, 7) is 6.66. The average Bonchev–Trinajstić information content (AvgIpc) is 3.06. The van der Waals surface area contributed by atoms with Crippen molar-refractivity contribution in [1.82, 2.24) is 4.90 Å². The molecule has 0 amide bonds. The van der Waals surface area contributed by atoms with E-state index in [1.54, 1.807) is 7.11 Å². The molecule has 0 aliphatic carbocycles. The van der Waals surface area contributed by atoms with Crippen molar-refractivity contribution in [2.24, 2.45) is 0 Å². The lowest BCUT2D eigenvalue weighted by atomic mass is 9.92. The van der Waals surface area contributed by atoms with E-state index in [1.807, 2.05) is 6.07 Å². The van der Waals surface area contributed by atoms with Crippen LogP contribution < -0.4 is 9.47 Å². The molecule has 0 radical (unpaired) electrons. The number of ether oxygens (including phenoxy) is 2. The predicted molar refractivity (Wildman–Crippen MR) is 80.7 cm³/mol. The summed E-state index contributed by atoms with van der Waals surface area (Å²) in [6, 6.07) is 7.46. The molecular weight excluding hydrogens is 250 g/mol. The lowest BCUT2D eigenvalue weighted by Crippen LogP contribution is -2.36. The molecule has 3 nitrogen and oxygen atoms in total. The highest BCUT2D eigenvalue weighted by Crippen LogP contribution is 2.43. The van der Waals surface area contributed by atoms with Crippen molar-refractivity contribution < 1.29 is 9.47 Å². The molecule has 1 fully saturated rings. The van der Waals surface area contributed by atoms with Crippen LogP contribution in [-0.2, 0) is 0 Å². The zero-order valence-corrected chi connectivity index (χ0v) is 12.8. The van der Waals surface area contributed by atoms with E-state index >= 15 is 0 Å². The van der Waals surface area contributed by atoms with Crippen LogP contribution in [0.4, 0.5) is 0 Å². The highest BCUT2D eigenvalue weighted by Gasteiger charge is 2.34. The number of likely N-dealkylation sites (tertiary alicyclic amines) is 1. The minimum Gasteiger partial charge on any atom is -0.496 e. The van der Waals surface area contributed by atoms with Crippen LogP contribution in [0.1, 0.15) is 44.6 Å². The predicted octanol–water partition coefficient (Wildman–Crippen LogP) is 3.43. The van der Waals surface area contributed by atoms with E-state index in [4.69, 9.17) is 9.47 Å². The monoisotopic (exact) mass is 275 g/mol. The summed E-state index contributed by atoms with van der Waals surface area (Å²) in [5.41, 5.74) is 1.28. The second-order valence-electron chi connectivity index (χ2n) is 6.24. The van der Waals surface area contributed by atoms with Gasteiger partial charge in [0.15, 0.2) is 0 Å². The van der Waals surface area contributed by atoms with Crippen LogP contribution >= 0.6 is 0 Å². The molecule has 3 heteroatoms. The second kappa shape index (κ2) is 5.65. The van der Waals surface area contributed by atoms with Crippen molar-refractivity contribution in [3.63, 3.8) is 0 Å². The van der Waals surface area contributed by atoms with Gasteiger partial charge in [-0.1, -0.05) is 6.07 Å². The topological polar surface area (TPSA) is 21.7 Å². The molecule has 0 aromatic heterocycles. The van der Waals surface area contributed by atoms with E-state index in [0.29, 0.717) is 18.0 Å². The third kappa shape index (κ3) is 2.39. The number of benzene rings is 1. The van der Waals surface area contributed by atoms with Crippen molar-refractivity contribution in [1.29, 1.82) is 0 Å². The number of fused-ring (bicyclic) bond motifs is 1. The molecular formula is C17H25NO2. The summed E-state index contributed by atoms with van der Waals surface area (Å²) in [5, 5.41) is 0. The average molecular weight is 275 g/mol. The van der Waals surface area contributed by atoms with E-state index in [9.17, 15) is 0 Å². The first kappa shape index (κ1) is 13.7. The Hall–Kier alpha value is -1.22. The number of hydrogen-bond acceptors (Lipinski definition) is 3. The van der Waals surface area contributed by atoms with Crippen LogP contribution in [0.2, 0.25) is 0 Å². The molecule has 1 aromatic rings. The van der Waals surface area contributed by atoms with Gasteiger partial charge < -0.3 is 9.47 Å². The normalized spacial score (nSPS) is 25.8. The summed E-state index contributed by atoms with van der Waals surface area (Å²) in [5.74, 6) is 2.48. The second-order valence-corrected chi connectivity index (χ2v) is 6.24. The van der Waals surface area contributed by atoms with Gasteiger partial charge in [-0.25, -0.2) is 0 Å². The van der Waals surface area contributed by atoms with E-state index in [1.165, 1.54) is 31.4 Å². The fourth-order valence-corrected chi connectivity index (χ4v) is 3.81. The number of hydrogen-bond donors (Lipinski definition) is 0. The van der Waals surface area contributed by atoms with Gasteiger partial charge in [-0.05, 0) is 51.8 Å². The number of rotatable bonds is 4. The maximum absolute atomic E-state index is 5.86. The third-order valence-corrected chi connectivity index (χ3v) is 4.74. The summed E-state index contributed by atoms with van der Waals surface area (Å²) in [6.07, 6.45) is 3.83. The highest BCUT2D eigenvalue weighted by molar-refractivity contribution is 5.49. The first-order valence-corrected chi connectivity index (χ1v) is 7.76. The minimum absolute atomic E-state index is 0.477. The van der Waals surface area contributed by atoms with Crippen molar-refractivity contribution in [3.05, 3.63) is 23.8 Å². The number of nitrogens with zero attached hydrogens (tertiary/aromatic N) is 1. The standard InChI is InChI=1S/C17H25NO2/c1-12(2)18-9-5-6-14(18)10-13-11-20-16-8-4-7-15(19-3)17(13)16/h4,7-8,12-14H,5-6,9-11H2,1-3H3/t13-,14+/m0/s1. The summed E-state index contributed by atoms with van der Waals surface area (Å²) in [4.78, 5) is 2.65. The maximum Gasteiger partial charge on any atom is 0.126 e. The van der Waals surface area contributed by atoms with E-state index in [2.05, 4.69) is 30.9 Å². The maximum atomic E-state index is 5.86. The third-order valence-electron chi connectivity index (χ3n) is 4.74. The first-order chi connectivity index (χ1) is 9.70. The largest absolute Gasteiger partial charge is 0.496 e. The van der Waals surface area contributed by atoms with Crippen molar-refractivity contribution in [3.8, 4) is 11.5 Å². The molecule has 0 bridgehead atoms. The van der Waals surface area contributed by atoms with Crippen LogP contribution in [0.15, 0.2) is 18.2 Å². The molecule has 1 aromatic carbocycles. The molecule has 1 saturated heterocycles. The number of methoxy groups -OCH3 is 1. The van der Waals surface area contributed by atoms with Crippen molar-refractivity contribution >= 4 is 0 Å². The zero-order chi connectivity index (χ0) is 14.1. The van der Waals surface area contributed by atoms with Gasteiger partial charge in [0.2, 0.25) is 0 Å². The Labute approximate surface area is 121 Å². The van der Waals surface area contributed by atoms with Crippen LogP contribution in [0.5, 0.6) is 11.5 Å². The lowest BCUT2D eigenvalue weighted by Gasteiger charge is -2.30. The molecule has 2 aliphatic heterocycles. The van der Waals surface area contributed by atoms with E-state index in [-0.39, 0.29) is 0 Å². The van der Waals surface area contributed by atoms with Gasteiger partial charge in [-0.2, -0.15) is 0 Å². The molecule has 0 spiro atoms. The van der Waals surface area contributed by atoms with Gasteiger partial charge in [0.1, 0.15) is 11.5 Å². The Morgan fingerprint density at radius 2 is 2.25 bits per heavy atom. The molecule has 2 atom stereocenters. The van der Waals surface area contributed by atoms with Crippen molar-refractivity contribution in [2.75, 3.05) is 20.3 Å². The van der Waals surface area contributed by atoms with Gasteiger partial charge in [0.25, 0.3) is 0 Å². The fourth-order valence-electron chi connectivity index (χ4n) is 3.81. The van der Waals surface area contributed by atoms with Gasteiger partial charge >= 0.3 is 0 Å². The van der Waals surface area contributed by atoms with E-state index in [0.717, 1.165) is 18.1 Å². The molecule has 0 unspecified atom stereocenters. The van der Waals surface area contributed by atoms with Gasteiger partial charge in [-0.15, -0.1) is 0 Å². The zero-order valence-electron chi connectivity index (χ0n) is 12.8. The Bertz CT molecular complexity index is 472. The quantitative estimate of drug-likeness (QED) is 0.840. The minimum atomic E-state index is 0.477. The Kier molecular flexibility index (Phi) is 3.88. The molecule has 2 aliphatic rings. The molecule has 2 heterocycles. The Morgan fingerprint density at radius 3 is 3.00 bits per heavy atom. The molecule has 20 heavy (non-hydrogen) atoms.